The Balaban J connectivity index is 2.29. The van der Waals surface area contributed by atoms with Crippen molar-refractivity contribution in [3.63, 3.8) is 0 Å². The van der Waals surface area contributed by atoms with Crippen molar-refractivity contribution in [1.82, 2.24) is 5.32 Å². The largest absolute Gasteiger partial charge is 0.489 e. The zero-order valence-corrected chi connectivity index (χ0v) is 11.7. The first-order valence-corrected chi connectivity index (χ1v) is 6.54. The van der Waals surface area contributed by atoms with Gasteiger partial charge in [0.2, 0.25) is 0 Å². The van der Waals surface area contributed by atoms with E-state index in [-0.39, 0.29) is 26.3 Å². The van der Waals surface area contributed by atoms with Gasteiger partial charge >= 0.3 is 0 Å². The standard InChI is InChI=1S/C12H17Cl2NO4/c13-8-1-2-11(14)12(3-8)19-7-10(18)5-15-4-9(17)6-16/h1-3,9-10,15-18H,4-7H2. The highest BCUT2D eigenvalue weighted by atomic mass is 35.5. The number of nitrogens with one attached hydrogen (secondary N) is 1. The summed E-state index contributed by atoms with van der Waals surface area (Å²) >= 11 is 11.7. The molecule has 108 valence electrons. The fourth-order valence-corrected chi connectivity index (χ4v) is 1.65. The maximum Gasteiger partial charge on any atom is 0.139 e. The van der Waals surface area contributed by atoms with Crippen molar-refractivity contribution in [2.24, 2.45) is 0 Å². The minimum absolute atomic E-state index is 0.0439. The van der Waals surface area contributed by atoms with Crippen LogP contribution in [-0.4, -0.2) is 53.8 Å². The number of aliphatic hydroxyl groups is 3. The second-order valence-corrected chi connectivity index (χ2v) is 4.88. The van der Waals surface area contributed by atoms with Crippen molar-refractivity contribution in [2.75, 3.05) is 26.3 Å². The minimum atomic E-state index is -0.838. The Morgan fingerprint density at radius 3 is 2.53 bits per heavy atom. The number of aliphatic hydroxyl groups excluding tert-OH is 3. The number of ether oxygens (including phenoxy) is 1. The summed E-state index contributed by atoms with van der Waals surface area (Å²) in [5.41, 5.74) is 0. The van der Waals surface area contributed by atoms with Crippen LogP contribution in [0.1, 0.15) is 0 Å². The SMILES string of the molecule is OCC(O)CNCC(O)COc1cc(Cl)ccc1Cl. The summed E-state index contributed by atoms with van der Waals surface area (Å²) in [7, 11) is 0. The molecule has 0 radical (unpaired) electrons. The smallest absolute Gasteiger partial charge is 0.139 e. The molecule has 0 fully saturated rings. The normalized spacial score (nSPS) is 14.2. The minimum Gasteiger partial charge on any atom is -0.489 e. The third-order valence-electron chi connectivity index (χ3n) is 2.30. The van der Waals surface area contributed by atoms with Crippen LogP contribution in [0.15, 0.2) is 18.2 Å². The van der Waals surface area contributed by atoms with E-state index in [1.807, 2.05) is 0 Å². The van der Waals surface area contributed by atoms with Gasteiger partial charge in [-0.3, -0.25) is 0 Å². The van der Waals surface area contributed by atoms with Crippen molar-refractivity contribution < 1.29 is 20.1 Å². The highest BCUT2D eigenvalue weighted by Crippen LogP contribution is 2.27. The van der Waals surface area contributed by atoms with Gasteiger partial charge in [0.05, 0.1) is 17.7 Å². The molecule has 0 aliphatic carbocycles. The third kappa shape index (κ3) is 6.42. The Bertz CT molecular complexity index is 392. The lowest BCUT2D eigenvalue weighted by molar-refractivity contribution is 0.0795. The second-order valence-electron chi connectivity index (χ2n) is 4.03. The summed E-state index contributed by atoms with van der Waals surface area (Å²) < 4.78 is 5.34. The zero-order valence-electron chi connectivity index (χ0n) is 10.2. The number of benzene rings is 1. The molecule has 0 heterocycles. The first kappa shape index (κ1) is 16.5. The molecule has 2 atom stereocenters. The van der Waals surface area contributed by atoms with Crippen molar-refractivity contribution >= 4 is 23.2 Å². The van der Waals surface area contributed by atoms with Gasteiger partial charge in [-0.25, -0.2) is 0 Å². The van der Waals surface area contributed by atoms with E-state index in [1.165, 1.54) is 0 Å². The Labute approximate surface area is 121 Å². The molecule has 0 aromatic heterocycles. The topological polar surface area (TPSA) is 82.0 Å². The van der Waals surface area contributed by atoms with Gasteiger partial charge in [-0.2, -0.15) is 0 Å². The second kappa shape index (κ2) is 8.58. The van der Waals surface area contributed by atoms with E-state index < -0.39 is 12.2 Å². The first-order chi connectivity index (χ1) is 9.02. The lowest BCUT2D eigenvalue weighted by atomic mass is 10.3. The molecule has 0 saturated heterocycles. The van der Waals surface area contributed by atoms with Crippen molar-refractivity contribution in [2.45, 2.75) is 12.2 Å². The van der Waals surface area contributed by atoms with Crippen LogP contribution in [0.4, 0.5) is 0 Å². The molecule has 2 unspecified atom stereocenters. The Kier molecular flexibility index (Phi) is 7.45. The number of rotatable bonds is 8. The van der Waals surface area contributed by atoms with Gasteiger partial charge in [0, 0.05) is 24.2 Å². The average Bonchev–Trinajstić information content (AvgIpc) is 2.39. The molecule has 0 bridgehead atoms. The van der Waals surface area contributed by atoms with Crippen LogP contribution >= 0.6 is 23.2 Å². The van der Waals surface area contributed by atoms with Gasteiger partial charge in [0.25, 0.3) is 0 Å². The quantitative estimate of drug-likeness (QED) is 0.567. The molecule has 0 spiro atoms. The Morgan fingerprint density at radius 1 is 1.16 bits per heavy atom. The maximum atomic E-state index is 9.65. The molecule has 0 saturated carbocycles. The van der Waals surface area contributed by atoms with Gasteiger partial charge in [0.15, 0.2) is 0 Å². The van der Waals surface area contributed by atoms with Gasteiger partial charge in [-0.05, 0) is 12.1 Å². The van der Waals surface area contributed by atoms with E-state index in [0.717, 1.165) is 0 Å². The van der Waals surface area contributed by atoms with Crippen LogP contribution in [0.5, 0.6) is 5.75 Å². The van der Waals surface area contributed by atoms with Crippen LogP contribution in [0.2, 0.25) is 10.0 Å². The number of hydrogen-bond acceptors (Lipinski definition) is 5. The summed E-state index contributed by atoms with van der Waals surface area (Å²) in [5, 5.41) is 31.1. The summed E-state index contributed by atoms with van der Waals surface area (Å²) in [6, 6.07) is 4.83. The van der Waals surface area contributed by atoms with Crippen LogP contribution in [0.25, 0.3) is 0 Å². The van der Waals surface area contributed by atoms with Gasteiger partial charge in [-0.1, -0.05) is 23.2 Å². The molecular formula is C12H17Cl2NO4. The molecule has 5 nitrogen and oxygen atoms in total. The molecule has 1 aromatic rings. The summed E-state index contributed by atoms with van der Waals surface area (Å²) in [6.45, 7) is 0.153. The Hall–Kier alpha value is -0.560. The molecule has 7 heteroatoms. The van der Waals surface area contributed by atoms with Crippen molar-refractivity contribution in [3.05, 3.63) is 28.2 Å². The summed E-state index contributed by atoms with van der Waals surface area (Å²) in [4.78, 5) is 0. The number of hydrogen-bond donors (Lipinski definition) is 4. The molecule has 1 aromatic carbocycles. The third-order valence-corrected chi connectivity index (χ3v) is 2.84. The van der Waals surface area contributed by atoms with Crippen LogP contribution in [0, 0.1) is 0 Å². The van der Waals surface area contributed by atoms with E-state index in [4.69, 9.17) is 38.2 Å². The first-order valence-electron chi connectivity index (χ1n) is 5.78. The molecule has 4 N–H and O–H groups in total. The zero-order chi connectivity index (χ0) is 14.3. The molecule has 0 amide bonds. The molecular weight excluding hydrogens is 293 g/mol. The van der Waals surface area contributed by atoms with Crippen LogP contribution < -0.4 is 10.1 Å². The van der Waals surface area contributed by atoms with E-state index in [9.17, 15) is 5.11 Å². The van der Waals surface area contributed by atoms with E-state index >= 15 is 0 Å². The highest BCUT2D eigenvalue weighted by Gasteiger charge is 2.09. The average molecular weight is 310 g/mol. The Morgan fingerprint density at radius 2 is 1.84 bits per heavy atom. The van der Waals surface area contributed by atoms with Gasteiger partial charge < -0.3 is 25.4 Å². The highest BCUT2D eigenvalue weighted by molar-refractivity contribution is 6.34. The lowest BCUT2D eigenvalue weighted by Crippen LogP contribution is -2.37. The van der Waals surface area contributed by atoms with Crippen LogP contribution in [-0.2, 0) is 0 Å². The molecule has 0 aliphatic heterocycles. The van der Waals surface area contributed by atoms with E-state index in [0.29, 0.717) is 15.8 Å². The summed E-state index contributed by atoms with van der Waals surface area (Å²) in [6.07, 6.45) is -1.60. The molecule has 0 aliphatic rings. The van der Waals surface area contributed by atoms with E-state index in [1.54, 1.807) is 18.2 Å². The lowest BCUT2D eigenvalue weighted by Gasteiger charge is -2.15. The van der Waals surface area contributed by atoms with Gasteiger partial charge in [0.1, 0.15) is 18.5 Å². The predicted octanol–water partition coefficient (Wildman–Crippen LogP) is 0.676. The maximum absolute atomic E-state index is 9.65. The van der Waals surface area contributed by atoms with Crippen molar-refractivity contribution in [3.8, 4) is 5.75 Å². The predicted molar refractivity (Wildman–Crippen MR) is 73.9 cm³/mol. The fourth-order valence-electron chi connectivity index (χ4n) is 1.31. The fraction of sp³-hybridized carbons (Fsp3) is 0.500. The summed E-state index contributed by atoms with van der Waals surface area (Å²) in [5.74, 6) is 0.406. The number of halogens is 2. The molecule has 19 heavy (non-hydrogen) atoms. The van der Waals surface area contributed by atoms with Crippen molar-refractivity contribution in [1.29, 1.82) is 0 Å². The van der Waals surface area contributed by atoms with Crippen LogP contribution in [0.3, 0.4) is 0 Å². The van der Waals surface area contributed by atoms with Gasteiger partial charge in [-0.15, -0.1) is 0 Å². The molecule has 1 rings (SSSR count). The van der Waals surface area contributed by atoms with E-state index in [2.05, 4.69) is 5.32 Å². The monoisotopic (exact) mass is 309 g/mol.